The molecule has 3 aromatic rings. The summed E-state index contributed by atoms with van der Waals surface area (Å²) in [5.41, 5.74) is 2.77. The highest BCUT2D eigenvalue weighted by Gasteiger charge is 2.16. The Hall–Kier alpha value is -3.56. The van der Waals surface area contributed by atoms with E-state index in [1.165, 1.54) is 12.1 Å². The number of allylic oxidation sites excluding steroid dienone is 1. The highest BCUT2D eigenvalue weighted by Crippen LogP contribution is 2.24. The van der Waals surface area contributed by atoms with Crippen molar-refractivity contribution in [3.63, 3.8) is 0 Å². The van der Waals surface area contributed by atoms with Crippen LogP contribution >= 0.6 is 0 Å². The van der Waals surface area contributed by atoms with Crippen LogP contribution in [-0.2, 0) is 10.1 Å². The van der Waals surface area contributed by atoms with Crippen LogP contribution in [0.1, 0.15) is 16.7 Å². The molecule has 0 unspecified atom stereocenters. The standard InChI is InChI=1S/C23H19NO4S/c1-17-6-12-23(13-7-17)29(25,26)28-22-5-3-4-18(15-22)14-20(16-24)19-8-10-21(27-2)11-9-19/h3-15H,1-2H3/b20-14+. The maximum absolute atomic E-state index is 12.5. The Morgan fingerprint density at radius 2 is 1.66 bits per heavy atom. The average molecular weight is 405 g/mol. The molecule has 0 amide bonds. The molecule has 0 aliphatic heterocycles. The van der Waals surface area contributed by atoms with Crippen LogP contribution in [0.4, 0.5) is 0 Å². The van der Waals surface area contributed by atoms with Crippen LogP contribution in [-0.4, -0.2) is 15.5 Å². The molecule has 3 aromatic carbocycles. The van der Waals surface area contributed by atoms with Gasteiger partial charge in [-0.3, -0.25) is 0 Å². The second kappa shape index (κ2) is 8.63. The Bertz CT molecular complexity index is 1170. The van der Waals surface area contributed by atoms with Crippen molar-refractivity contribution in [3.05, 3.63) is 89.5 Å². The molecule has 29 heavy (non-hydrogen) atoms. The Morgan fingerprint density at radius 3 is 2.28 bits per heavy atom. The molecule has 0 saturated carbocycles. The van der Waals surface area contributed by atoms with Crippen molar-refractivity contribution in [2.24, 2.45) is 0 Å². The second-order valence-electron chi connectivity index (χ2n) is 6.32. The molecule has 0 spiro atoms. The van der Waals surface area contributed by atoms with E-state index < -0.39 is 10.1 Å². The molecule has 0 bridgehead atoms. The van der Waals surface area contributed by atoms with Crippen LogP contribution in [0.15, 0.2) is 77.7 Å². The summed E-state index contributed by atoms with van der Waals surface area (Å²) in [4.78, 5) is 0.0833. The number of aryl methyl sites for hydroxylation is 1. The van der Waals surface area contributed by atoms with Gasteiger partial charge in [-0.15, -0.1) is 0 Å². The van der Waals surface area contributed by atoms with Gasteiger partial charge in [-0.2, -0.15) is 13.7 Å². The van der Waals surface area contributed by atoms with Gasteiger partial charge in [0.05, 0.1) is 18.8 Å². The van der Waals surface area contributed by atoms with Crippen LogP contribution in [0.2, 0.25) is 0 Å². The quantitative estimate of drug-likeness (QED) is 0.333. The van der Waals surface area contributed by atoms with Crippen LogP contribution in [0.3, 0.4) is 0 Å². The summed E-state index contributed by atoms with van der Waals surface area (Å²) in [6.07, 6.45) is 1.67. The topological polar surface area (TPSA) is 76.4 Å². The molecule has 0 aliphatic rings. The number of benzene rings is 3. The van der Waals surface area contributed by atoms with E-state index in [1.54, 1.807) is 73.8 Å². The van der Waals surface area contributed by atoms with E-state index in [0.717, 1.165) is 11.1 Å². The van der Waals surface area contributed by atoms with E-state index in [9.17, 15) is 13.7 Å². The summed E-state index contributed by atoms with van der Waals surface area (Å²) in [5, 5.41) is 9.52. The van der Waals surface area contributed by atoms with Gasteiger partial charge in [0, 0.05) is 0 Å². The number of nitrogens with zero attached hydrogens (tertiary/aromatic N) is 1. The van der Waals surface area contributed by atoms with Crippen molar-refractivity contribution >= 4 is 21.8 Å². The predicted octanol–water partition coefficient (Wildman–Crippen LogP) is 4.84. The molecule has 0 aromatic heterocycles. The van der Waals surface area contributed by atoms with Crippen molar-refractivity contribution in [2.75, 3.05) is 7.11 Å². The van der Waals surface area contributed by atoms with Crippen molar-refractivity contribution in [2.45, 2.75) is 11.8 Å². The Morgan fingerprint density at radius 1 is 0.966 bits per heavy atom. The molecule has 0 heterocycles. The first kappa shape index (κ1) is 20.2. The van der Waals surface area contributed by atoms with Crippen molar-refractivity contribution < 1.29 is 17.3 Å². The lowest BCUT2D eigenvalue weighted by molar-refractivity contribution is 0.415. The zero-order valence-electron chi connectivity index (χ0n) is 16.0. The molecule has 5 nitrogen and oxygen atoms in total. The molecule has 0 radical (unpaired) electrons. The van der Waals surface area contributed by atoms with Gasteiger partial charge in [0.25, 0.3) is 0 Å². The molecule has 3 rings (SSSR count). The van der Waals surface area contributed by atoms with Crippen LogP contribution in [0.25, 0.3) is 11.6 Å². The van der Waals surface area contributed by atoms with Crippen LogP contribution < -0.4 is 8.92 Å². The SMILES string of the molecule is COc1ccc(/C(C#N)=C/c2cccc(OS(=O)(=O)c3ccc(C)cc3)c2)cc1. The molecule has 0 fully saturated rings. The van der Waals surface area contributed by atoms with Crippen molar-refractivity contribution in [1.82, 2.24) is 0 Å². The van der Waals surface area contributed by atoms with E-state index >= 15 is 0 Å². The minimum Gasteiger partial charge on any atom is -0.497 e. The molecule has 0 N–H and O–H groups in total. The third kappa shape index (κ3) is 5.03. The van der Waals surface area contributed by atoms with Crippen LogP contribution in [0.5, 0.6) is 11.5 Å². The molecular weight excluding hydrogens is 386 g/mol. The largest absolute Gasteiger partial charge is 0.497 e. The lowest BCUT2D eigenvalue weighted by Crippen LogP contribution is -2.09. The highest BCUT2D eigenvalue weighted by molar-refractivity contribution is 7.87. The van der Waals surface area contributed by atoms with Gasteiger partial charge in [-0.05, 0) is 72.7 Å². The number of ether oxygens (including phenoxy) is 1. The predicted molar refractivity (Wildman–Crippen MR) is 112 cm³/mol. The number of methoxy groups -OCH3 is 1. The van der Waals surface area contributed by atoms with Crippen LogP contribution in [0, 0.1) is 18.3 Å². The average Bonchev–Trinajstić information content (AvgIpc) is 2.72. The zero-order chi connectivity index (χ0) is 20.9. The zero-order valence-corrected chi connectivity index (χ0v) is 16.8. The van der Waals surface area contributed by atoms with E-state index in [0.29, 0.717) is 16.9 Å². The maximum Gasteiger partial charge on any atom is 0.339 e. The first-order valence-electron chi connectivity index (χ1n) is 8.79. The monoisotopic (exact) mass is 405 g/mol. The molecular formula is C23H19NO4S. The summed E-state index contributed by atoms with van der Waals surface area (Å²) in [7, 11) is -2.36. The van der Waals surface area contributed by atoms with E-state index in [4.69, 9.17) is 8.92 Å². The summed E-state index contributed by atoms with van der Waals surface area (Å²) in [6, 6.07) is 22.3. The third-order valence-electron chi connectivity index (χ3n) is 4.21. The van der Waals surface area contributed by atoms with E-state index in [2.05, 4.69) is 6.07 Å². The van der Waals surface area contributed by atoms with Crippen molar-refractivity contribution in [1.29, 1.82) is 5.26 Å². The highest BCUT2D eigenvalue weighted by atomic mass is 32.2. The number of hydrogen-bond donors (Lipinski definition) is 0. The number of hydrogen-bond acceptors (Lipinski definition) is 5. The first-order chi connectivity index (χ1) is 13.9. The second-order valence-corrected chi connectivity index (χ2v) is 7.87. The molecule has 146 valence electrons. The van der Waals surface area contributed by atoms with E-state index in [1.807, 2.05) is 6.92 Å². The Labute approximate surface area is 170 Å². The Balaban J connectivity index is 1.87. The minimum atomic E-state index is -3.94. The smallest absolute Gasteiger partial charge is 0.339 e. The van der Waals surface area contributed by atoms with Gasteiger partial charge in [0.2, 0.25) is 0 Å². The number of rotatable bonds is 6. The lowest BCUT2D eigenvalue weighted by atomic mass is 10.0. The summed E-state index contributed by atoms with van der Waals surface area (Å²) in [6.45, 7) is 1.88. The molecule has 0 saturated heterocycles. The first-order valence-corrected chi connectivity index (χ1v) is 10.2. The summed E-state index contributed by atoms with van der Waals surface area (Å²) >= 11 is 0. The van der Waals surface area contributed by atoms with Gasteiger partial charge >= 0.3 is 10.1 Å². The number of nitriles is 1. The maximum atomic E-state index is 12.5. The van der Waals surface area contributed by atoms with Crippen molar-refractivity contribution in [3.8, 4) is 17.6 Å². The normalized spacial score (nSPS) is 11.6. The Kier molecular flexibility index (Phi) is 6.01. The fraction of sp³-hybridized carbons (Fsp3) is 0.0870. The fourth-order valence-corrected chi connectivity index (χ4v) is 3.58. The van der Waals surface area contributed by atoms with Gasteiger partial charge in [0.1, 0.15) is 16.4 Å². The summed E-state index contributed by atoms with van der Waals surface area (Å²) < 4.78 is 35.4. The lowest BCUT2D eigenvalue weighted by Gasteiger charge is -2.08. The van der Waals surface area contributed by atoms with Gasteiger partial charge in [0.15, 0.2) is 0 Å². The summed E-state index contributed by atoms with van der Waals surface area (Å²) in [5.74, 6) is 0.870. The van der Waals surface area contributed by atoms with E-state index in [-0.39, 0.29) is 10.6 Å². The minimum absolute atomic E-state index is 0.0833. The fourth-order valence-electron chi connectivity index (χ4n) is 2.65. The van der Waals surface area contributed by atoms with Gasteiger partial charge < -0.3 is 8.92 Å². The molecule has 6 heteroatoms. The molecule has 0 atom stereocenters. The molecule has 0 aliphatic carbocycles. The van der Waals surface area contributed by atoms with Gasteiger partial charge in [-0.1, -0.05) is 29.8 Å². The van der Waals surface area contributed by atoms with Gasteiger partial charge in [-0.25, -0.2) is 0 Å². The third-order valence-corrected chi connectivity index (χ3v) is 5.47.